The number of piperazine rings is 1. The van der Waals surface area contributed by atoms with Gasteiger partial charge >= 0.3 is 0 Å². The number of nitrogens with one attached hydrogen (secondary N) is 1. The van der Waals surface area contributed by atoms with Crippen LogP contribution in [0.1, 0.15) is 23.2 Å². The number of amides is 2. The zero-order valence-corrected chi connectivity index (χ0v) is 18.0. The van der Waals surface area contributed by atoms with E-state index in [4.69, 9.17) is 0 Å². The molecule has 1 aliphatic carbocycles. The number of carbonyl (C=O) groups excluding carboxylic acids is 2. The van der Waals surface area contributed by atoms with Gasteiger partial charge in [-0.15, -0.1) is 0 Å². The molecule has 2 aromatic carbocycles. The molecule has 1 saturated carbocycles. The van der Waals surface area contributed by atoms with Crippen molar-refractivity contribution >= 4 is 40.4 Å². The lowest BCUT2D eigenvalue weighted by atomic mass is 10.1. The highest BCUT2D eigenvalue weighted by atomic mass is 32.2. The van der Waals surface area contributed by atoms with Crippen LogP contribution >= 0.6 is 11.9 Å². The van der Waals surface area contributed by atoms with Crippen LogP contribution in [0.3, 0.4) is 0 Å². The molecule has 3 aromatic rings. The highest BCUT2D eigenvalue weighted by Gasteiger charge is 2.35. The van der Waals surface area contributed by atoms with Crippen molar-refractivity contribution in [2.75, 3.05) is 30.9 Å². The first-order valence-corrected chi connectivity index (χ1v) is 11.5. The monoisotopic (exact) mass is 432 g/mol. The van der Waals surface area contributed by atoms with Crippen LogP contribution in [0.5, 0.6) is 0 Å². The first-order chi connectivity index (χ1) is 15.2. The van der Waals surface area contributed by atoms with Gasteiger partial charge in [-0.2, -0.15) is 0 Å². The Morgan fingerprint density at radius 3 is 2.35 bits per heavy atom. The molecule has 1 aliphatic heterocycles. The minimum atomic E-state index is 0.0241. The van der Waals surface area contributed by atoms with Crippen molar-refractivity contribution in [3.8, 4) is 0 Å². The molecule has 158 valence electrons. The molecule has 0 unspecified atom stereocenters. The molecular weight excluding hydrogens is 408 g/mol. The molecule has 6 nitrogen and oxygen atoms in total. The maximum atomic E-state index is 12.8. The number of carbonyl (C=O) groups is 2. The predicted molar refractivity (Wildman–Crippen MR) is 123 cm³/mol. The van der Waals surface area contributed by atoms with Crippen molar-refractivity contribution < 1.29 is 9.59 Å². The van der Waals surface area contributed by atoms with Crippen LogP contribution in [-0.4, -0.2) is 52.8 Å². The van der Waals surface area contributed by atoms with Gasteiger partial charge in [0.1, 0.15) is 0 Å². The summed E-state index contributed by atoms with van der Waals surface area (Å²) < 4.78 is 3.34. The average molecular weight is 433 g/mol. The fourth-order valence-corrected chi connectivity index (χ4v) is 4.63. The first kappa shape index (κ1) is 19.9. The Labute approximate surface area is 185 Å². The minimum absolute atomic E-state index is 0.0241. The predicted octanol–water partition coefficient (Wildman–Crippen LogP) is 4.05. The van der Waals surface area contributed by atoms with Crippen molar-refractivity contribution in [1.29, 1.82) is 0 Å². The Hall–Kier alpha value is -3.06. The summed E-state index contributed by atoms with van der Waals surface area (Å²) in [6.07, 6.45) is 3.84. The summed E-state index contributed by atoms with van der Waals surface area (Å²) >= 11 is 1.51. The summed E-state index contributed by atoms with van der Waals surface area (Å²) in [5, 5.41) is 1.11. The summed E-state index contributed by atoms with van der Waals surface area (Å²) in [4.78, 5) is 34.3. The maximum absolute atomic E-state index is 12.8. The van der Waals surface area contributed by atoms with Crippen LogP contribution in [0.4, 0.5) is 5.69 Å². The van der Waals surface area contributed by atoms with Crippen molar-refractivity contribution in [1.82, 2.24) is 14.8 Å². The second-order valence-corrected chi connectivity index (χ2v) is 8.85. The van der Waals surface area contributed by atoms with Crippen molar-refractivity contribution in [3.63, 3.8) is 0 Å². The van der Waals surface area contributed by atoms with E-state index in [-0.39, 0.29) is 17.7 Å². The number of anilines is 1. The maximum Gasteiger partial charge on any atom is 0.253 e. The molecule has 31 heavy (non-hydrogen) atoms. The quantitative estimate of drug-likeness (QED) is 0.616. The smallest absolute Gasteiger partial charge is 0.253 e. The van der Waals surface area contributed by atoms with E-state index in [9.17, 15) is 9.59 Å². The van der Waals surface area contributed by atoms with Crippen molar-refractivity contribution in [2.45, 2.75) is 17.7 Å². The standard InChI is InChI=1S/C24H24N4O2S/c29-23(18-6-7-18)27-13-15-28(16-14-27)24(30)19-8-10-20(11-9-19)26-31-21-5-1-3-17-4-2-12-25-22(17)21/h1-5,8-12,18,26H,6-7,13-16H2. The summed E-state index contributed by atoms with van der Waals surface area (Å²) in [6.45, 7) is 2.47. The number of rotatable bonds is 5. The second kappa shape index (κ2) is 8.59. The van der Waals surface area contributed by atoms with Gasteiger partial charge in [0.25, 0.3) is 5.91 Å². The molecule has 7 heteroatoms. The fourth-order valence-electron chi connectivity index (χ4n) is 3.85. The number of pyridine rings is 1. The molecule has 2 fully saturated rings. The first-order valence-electron chi connectivity index (χ1n) is 10.6. The van der Waals surface area contributed by atoms with E-state index in [1.165, 1.54) is 11.9 Å². The number of benzene rings is 2. The molecule has 0 radical (unpaired) electrons. The lowest BCUT2D eigenvalue weighted by Gasteiger charge is -2.35. The third kappa shape index (κ3) is 4.37. The molecule has 1 aromatic heterocycles. The minimum Gasteiger partial charge on any atom is -0.339 e. The van der Waals surface area contributed by atoms with Crippen LogP contribution in [0, 0.1) is 5.92 Å². The summed E-state index contributed by atoms with van der Waals surface area (Å²) in [5.41, 5.74) is 2.56. The number of para-hydroxylation sites is 1. The molecule has 0 spiro atoms. The van der Waals surface area contributed by atoms with E-state index in [1.807, 2.05) is 52.3 Å². The van der Waals surface area contributed by atoms with Crippen LogP contribution in [0.15, 0.2) is 65.7 Å². The third-order valence-electron chi connectivity index (χ3n) is 5.81. The highest BCUT2D eigenvalue weighted by Crippen LogP contribution is 2.31. The van der Waals surface area contributed by atoms with Crippen LogP contribution < -0.4 is 4.72 Å². The zero-order chi connectivity index (χ0) is 21.2. The number of hydrogen-bond acceptors (Lipinski definition) is 5. The largest absolute Gasteiger partial charge is 0.339 e. The summed E-state index contributed by atoms with van der Waals surface area (Å²) in [7, 11) is 0. The molecule has 2 amide bonds. The molecule has 0 bridgehead atoms. The van der Waals surface area contributed by atoms with Gasteiger partial charge < -0.3 is 14.5 Å². The van der Waals surface area contributed by atoms with Gasteiger partial charge in [0, 0.05) is 54.9 Å². The van der Waals surface area contributed by atoms with Gasteiger partial charge in [-0.3, -0.25) is 14.6 Å². The molecule has 0 atom stereocenters. The normalized spacial score (nSPS) is 16.4. The molecule has 2 heterocycles. The van der Waals surface area contributed by atoms with Gasteiger partial charge in [0.15, 0.2) is 0 Å². The zero-order valence-electron chi connectivity index (χ0n) is 17.2. The number of hydrogen-bond donors (Lipinski definition) is 1. The second-order valence-electron chi connectivity index (χ2n) is 8.00. The number of fused-ring (bicyclic) bond motifs is 1. The van der Waals surface area contributed by atoms with Gasteiger partial charge in [0.2, 0.25) is 5.91 Å². The molecular formula is C24H24N4O2S. The Morgan fingerprint density at radius 2 is 1.61 bits per heavy atom. The van der Waals surface area contributed by atoms with Gasteiger partial charge in [0.05, 0.1) is 10.4 Å². The van der Waals surface area contributed by atoms with E-state index in [1.54, 1.807) is 6.20 Å². The van der Waals surface area contributed by atoms with Crippen molar-refractivity contribution in [2.24, 2.45) is 5.92 Å². The number of nitrogens with zero attached hydrogens (tertiary/aromatic N) is 3. The lowest BCUT2D eigenvalue weighted by Crippen LogP contribution is -2.51. The van der Waals surface area contributed by atoms with E-state index < -0.39 is 0 Å². The lowest BCUT2D eigenvalue weighted by molar-refractivity contribution is -0.134. The van der Waals surface area contributed by atoms with E-state index in [0.717, 1.165) is 34.3 Å². The Kier molecular flexibility index (Phi) is 5.51. The molecule has 5 rings (SSSR count). The SMILES string of the molecule is O=C(c1ccc(NSc2cccc3cccnc23)cc1)N1CCN(C(=O)C2CC2)CC1. The Bertz CT molecular complexity index is 1100. The molecule has 2 aliphatic rings. The van der Waals surface area contributed by atoms with Crippen LogP contribution in [0.2, 0.25) is 0 Å². The Morgan fingerprint density at radius 1 is 0.903 bits per heavy atom. The topological polar surface area (TPSA) is 65.5 Å². The van der Waals surface area contributed by atoms with Crippen LogP contribution in [0.25, 0.3) is 10.9 Å². The van der Waals surface area contributed by atoms with E-state index in [0.29, 0.717) is 31.7 Å². The molecule has 1 N–H and O–H groups in total. The fraction of sp³-hybridized carbons (Fsp3) is 0.292. The van der Waals surface area contributed by atoms with E-state index in [2.05, 4.69) is 21.8 Å². The van der Waals surface area contributed by atoms with Gasteiger partial charge in [-0.1, -0.05) is 18.2 Å². The van der Waals surface area contributed by atoms with Crippen molar-refractivity contribution in [3.05, 3.63) is 66.4 Å². The van der Waals surface area contributed by atoms with Gasteiger partial charge in [-0.25, -0.2) is 0 Å². The number of aromatic nitrogens is 1. The summed E-state index contributed by atoms with van der Waals surface area (Å²) in [5.74, 6) is 0.530. The Balaban J connectivity index is 1.18. The highest BCUT2D eigenvalue weighted by molar-refractivity contribution is 8.00. The van der Waals surface area contributed by atoms with E-state index >= 15 is 0 Å². The third-order valence-corrected chi connectivity index (χ3v) is 6.70. The van der Waals surface area contributed by atoms with Crippen LogP contribution in [-0.2, 0) is 4.79 Å². The summed E-state index contributed by atoms with van der Waals surface area (Å²) in [6, 6.07) is 17.7. The average Bonchev–Trinajstić information content (AvgIpc) is 3.68. The van der Waals surface area contributed by atoms with Gasteiger partial charge in [-0.05, 0) is 61.2 Å². The molecule has 1 saturated heterocycles.